The van der Waals surface area contributed by atoms with E-state index in [-0.39, 0.29) is 5.91 Å². The summed E-state index contributed by atoms with van der Waals surface area (Å²) in [5.74, 6) is -0.597. The number of nitrogens with zero attached hydrogens (tertiary/aromatic N) is 1. The minimum Gasteiger partial charge on any atom is -0.381 e. The van der Waals surface area contributed by atoms with Crippen molar-refractivity contribution in [3.8, 4) is 0 Å². The average molecular weight is 418 g/mol. The van der Waals surface area contributed by atoms with E-state index in [2.05, 4.69) is 14.9 Å². The van der Waals surface area contributed by atoms with Crippen LogP contribution in [0.5, 0.6) is 0 Å². The zero-order chi connectivity index (χ0) is 19.9. The first-order chi connectivity index (χ1) is 12.9. The first-order valence-electron chi connectivity index (χ1n) is 9.28. The minimum atomic E-state index is -0.776. The van der Waals surface area contributed by atoms with Gasteiger partial charge in [-0.15, -0.1) is 0 Å². The van der Waals surface area contributed by atoms with Crippen LogP contribution < -0.4 is 10.0 Å². The van der Waals surface area contributed by atoms with Crippen molar-refractivity contribution in [1.29, 1.82) is 0 Å². The van der Waals surface area contributed by atoms with Crippen molar-refractivity contribution >= 4 is 35.1 Å². The number of halogens is 2. The zero-order valence-corrected chi connectivity index (χ0v) is 17.8. The summed E-state index contributed by atoms with van der Waals surface area (Å²) in [5.41, 5.74) is -0.478. The Balaban J connectivity index is 1.94. The summed E-state index contributed by atoms with van der Waals surface area (Å²) in [6, 6.07) is 3.04. The van der Waals surface area contributed by atoms with Crippen LogP contribution in [0.3, 0.4) is 0 Å². The van der Waals surface area contributed by atoms with Crippen LogP contribution in [0, 0.1) is 5.82 Å². The molecule has 2 N–H and O–H groups in total. The van der Waals surface area contributed by atoms with Gasteiger partial charge in [0, 0.05) is 18.6 Å². The highest BCUT2D eigenvalue weighted by atomic mass is 35.5. The molecule has 1 saturated carbocycles. The van der Waals surface area contributed by atoms with Crippen LogP contribution in [0.1, 0.15) is 38.5 Å². The van der Waals surface area contributed by atoms with Crippen LogP contribution in [0.15, 0.2) is 17.0 Å². The molecule has 0 bridgehead atoms. The average Bonchev–Trinajstić information content (AvgIpc) is 2.65. The van der Waals surface area contributed by atoms with Crippen molar-refractivity contribution < 1.29 is 13.9 Å². The monoisotopic (exact) mass is 417 g/mol. The summed E-state index contributed by atoms with van der Waals surface area (Å²) in [5, 5.41) is 3.35. The Morgan fingerprint density at radius 1 is 1.33 bits per heavy atom. The first-order valence-corrected chi connectivity index (χ1v) is 10.5. The lowest BCUT2D eigenvalue weighted by Gasteiger charge is -2.34. The molecule has 0 aliphatic heterocycles. The van der Waals surface area contributed by atoms with E-state index in [9.17, 15) is 9.18 Å². The van der Waals surface area contributed by atoms with Gasteiger partial charge < -0.3 is 15.0 Å². The highest BCUT2D eigenvalue weighted by Crippen LogP contribution is 2.34. The number of hydrogen-bond acceptors (Lipinski definition) is 5. The fourth-order valence-corrected chi connectivity index (χ4v) is 4.31. The predicted molar refractivity (Wildman–Crippen MR) is 110 cm³/mol. The molecule has 0 saturated heterocycles. The van der Waals surface area contributed by atoms with Crippen LogP contribution in [0.25, 0.3) is 0 Å². The number of methoxy groups -OCH3 is 1. The summed E-state index contributed by atoms with van der Waals surface area (Å²) in [6.07, 6.45) is 5.37. The van der Waals surface area contributed by atoms with Crippen LogP contribution >= 0.6 is 23.5 Å². The van der Waals surface area contributed by atoms with Crippen molar-refractivity contribution in [2.24, 2.45) is 0 Å². The number of carbonyl (C=O) groups excluding carboxylic acids is 1. The molecule has 1 aromatic carbocycles. The number of amides is 1. The fourth-order valence-electron chi connectivity index (χ4n) is 3.23. The normalized spacial score (nSPS) is 16.4. The molecule has 0 radical (unpaired) electrons. The molecular weight excluding hydrogens is 389 g/mol. The largest absolute Gasteiger partial charge is 0.381 e. The molecule has 1 aliphatic carbocycles. The molecule has 152 valence electrons. The molecule has 1 aliphatic rings. The third-order valence-electron chi connectivity index (χ3n) is 4.83. The first kappa shape index (κ1) is 22.3. The summed E-state index contributed by atoms with van der Waals surface area (Å²) in [6.45, 7) is 1.54. The SMILES string of the molecule is COC1(C(=O)NSc2cc(F)c(NCCCN(C)C)c(Cl)c2)CCCCC1. The van der Waals surface area contributed by atoms with E-state index >= 15 is 0 Å². The molecule has 2 rings (SSSR count). The molecule has 1 fully saturated rings. The Bertz CT molecular complexity index is 616. The number of benzene rings is 1. The summed E-state index contributed by atoms with van der Waals surface area (Å²) >= 11 is 7.30. The highest BCUT2D eigenvalue weighted by Gasteiger charge is 2.39. The van der Waals surface area contributed by atoms with E-state index in [0.717, 1.165) is 44.2 Å². The molecule has 0 unspecified atom stereocenters. The molecule has 5 nitrogen and oxygen atoms in total. The highest BCUT2D eigenvalue weighted by molar-refractivity contribution is 7.98. The molecule has 1 amide bonds. The Labute approximate surface area is 170 Å². The van der Waals surface area contributed by atoms with E-state index in [0.29, 0.717) is 35.0 Å². The number of hydrogen-bond donors (Lipinski definition) is 2. The lowest BCUT2D eigenvalue weighted by atomic mass is 9.84. The van der Waals surface area contributed by atoms with Gasteiger partial charge in [0.05, 0.1) is 10.7 Å². The molecule has 1 aromatic rings. The van der Waals surface area contributed by atoms with Crippen molar-refractivity contribution in [1.82, 2.24) is 9.62 Å². The second-order valence-electron chi connectivity index (χ2n) is 7.14. The van der Waals surface area contributed by atoms with Gasteiger partial charge in [-0.1, -0.05) is 30.9 Å². The molecule has 0 heterocycles. The van der Waals surface area contributed by atoms with Crippen molar-refractivity contribution in [2.45, 2.75) is 49.0 Å². The topological polar surface area (TPSA) is 53.6 Å². The van der Waals surface area contributed by atoms with Crippen molar-refractivity contribution in [3.05, 3.63) is 23.0 Å². The van der Waals surface area contributed by atoms with E-state index in [4.69, 9.17) is 16.3 Å². The van der Waals surface area contributed by atoms with Gasteiger partial charge in [0.1, 0.15) is 11.4 Å². The van der Waals surface area contributed by atoms with Gasteiger partial charge in [-0.25, -0.2) is 4.39 Å². The lowest BCUT2D eigenvalue weighted by molar-refractivity contribution is -0.145. The minimum absolute atomic E-state index is 0.169. The Hall–Kier alpha value is -1.02. The van der Waals surface area contributed by atoms with Crippen molar-refractivity contribution in [3.63, 3.8) is 0 Å². The zero-order valence-electron chi connectivity index (χ0n) is 16.2. The Morgan fingerprint density at radius 2 is 2.04 bits per heavy atom. The standard InChI is InChI=1S/C19H29ClFN3O2S/c1-24(2)11-7-10-22-17-15(20)12-14(13-16(17)21)27-23-18(25)19(26-3)8-5-4-6-9-19/h12-13,22H,4-11H2,1-3H3,(H,23,25). The molecular formula is C19H29ClFN3O2S. The number of nitrogens with one attached hydrogen (secondary N) is 2. The van der Waals surface area contributed by atoms with Crippen LogP contribution in [-0.2, 0) is 9.53 Å². The smallest absolute Gasteiger partial charge is 0.262 e. The predicted octanol–water partition coefficient (Wildman–Crippen LogP) is 4.32. The van der Waals surface area contributed by atoms with Gasteiger partial charge >= 0.3 is 0 Å². The maximum atomic E-state index is 14.4. The fraction of sp³-hybridized carbons (Fsp3) is 0.632. The maximum Gasteiger partial charge on any atom is 0.262 e. The Morgan fingerprint density at radius 3 is 2.63 bits per heavy atom. The Kier molecular flexibility index (Phi) is 8.66. The maximum absolute atomic E-state index is 14.4. The van der Waals surface area contributed by atoms with E-state index in [1.54, 1.807) is 13.2 Å². The van der Waals surface area contributed by atoms with Crippen LogP contribution in [0.4, 0.5) is 10.1 Å². The molecule has 8 heteroatoms. The number of rotatable bonds is 9. The second-order valence-corrected chi connectivity index (χ2v) is 8.42. The number of carbonyl (C=O) groups is 1. The summed E-state index contributed by atoms with van der Waals surface area (Å²) < 4.78 is 22.7. The molecule has 0 atom stereocenters. The van der Waals surface area contributed by atoms with Crippen molar-refractivity contribution in [2.75, 3.05) is 39.6 Å². The number of anilines is 1. The third-order valence-corrected chi connectivity index (χ3v) is 5.88. The van der Waals surface area contributed by atoms with Crippen LogP contribution in [0.2, 0.25) is 5.02 Å². The second kappa shape index (κ2) is 10.5. The van der Waals surface area contributed by atoms with Gasteiger partial charge in [-0.3, -0.25) is 9.52 Å². The van der Waals surface area contributed by atoms with E-state index < -0.39 is 11.4 Å². The third kappa shape index (κ3) is 6.24. The quantitative estimate of drug-likeness (QED) is 0.463. The van der Waals surface area contributed by atoms with Gasteiger partial charge in [0.15, 0.2) is 0 Å². The molecule has 0 spiro atoms. The molecule has 27 heavy (non-hydrogen) atoms. The lowest BCUT2D eigenvalue weighted by Crippen LogP contribution is -2.47. The summed E-state index contributed by atoms with van der Waals surface area (Å²) in [7, 11) is 5.56. The van der Waals surface area contributed by atoms with Gasteiger partial charge in [-0.2, -0.15) is 0 Å². The number of ether oxygens (including phenoxy) is 1. The van der Waals surface area contributed by atoms with E-state index in [1.807, 2.05) is 14.1 Å². The van der Waals surface area contributed by atoms with Gasteiger partial charge in [0.25, 0.3) is 5.91 Å². The summed E-state index contributed by atoms with van der Waals surface area (Å²) in [4.78, 5) is 15.2. The van der Waals surface area contributed by atoms with E-state index in [1.165, 1.54) is 6.07 Å². The molecule has 0 aromatic heterocycles. The van der Waals surface area contributed by atoms with Gasteiger partial charge in [0.2, 0.25) is 0 Å². The van der Waals surface area contributed by atoms with Crippen LogP contribution in [-0.4, -0.2) is 50.7 Å². The van der Waals surface area contributed by atoms with Gasteiger partial charge in [-0.05, 0) is 64.0 Å².